The van der Waals surface area contributed by atoms with Gasteiger partial charge in [0.15, 0.2) is 0 Å². The van der Waals surface area contributed by atoms with E-state index < -0.39 is 0 Å². The van der Waals surface area contributed by atoms with E-state index in [1.807, 2.05) is 17.7 Å². The molecular formula is C13H14N2. The lowest BCUT2D eigenvalue weighted by Crippen LogP contribution is -1.89. The Morgan fingerprint density at radius 3 is 2.67 bits per heavy atom. The van der Waals surface area contributed by atoms with E-state index in [4.69, 9.17) is 6.57 Å². The van der Waals surface area contributed by atoms with Crippen LogP contribution in [0.25, 0.3) is 15.7 Å². The highest BCUT2D eigenvalue weighted by Crippen LogP contribution is 2.30. The lowest BCUT2D eigenvalue weighted by Gasteiger charge is -2.05. The van der Waals surface area contributed by atoms with Crippen LogP contribution in [0.15, 0.2) is 24.3 Å². The van der Waals surface area contributed by atoms with E-state index >= 15 is 0 Å². The Labute approximate surface area is 90.0 Å². The first-order valence-electron chi connectivity index (χ1n) is 5.11. The minimum absolute atomic E-state index is 0.495. The van der Waals surface area contributed by atoms with Crippen LogP contribution in [0.4, 0.5) is 5.82 Å². The fraction of sp³-hybridized carbons (Fsp3) is 0.308. The highest BCUT2D eigenvalue weighted by molar-refractivity contribution is 5.88. The summed E-state index contributed by atoms with van der Waals surface area (Å²) in [6.07, 6.45) is 0. The van der Waals surface area contributed by atoms with Crippen LogP contribution in [0.3, 0.4) is 0 Å². The van der Waals surface area contributed by atoms with Gasteiger partial charge in [0.05, 0.1) is 7.05 Å². The van der Waals surface area contributed by atoms with E-state index in [0.29, 0.717) is 11.7 Å². The topological polar surface area (TPSA) is 9.29 Å². The fourth-order valence-electron chi connectivity index (χ4n) is 1.98. The molecule has 0 radical (unpaired) electrons. The van der Waals surface area contributed by atoms with Crippen molar-refractivity contribution < 1.29 is 0 Å². The largest absolute Gasteiger partial charge is 0.364 e. The van der Waals surface area contributed by atoms with Crippen molar-refractivity contribution in [1.82, 2.24) is 4.57 Å². The minimum Gasteiger partial charge on any atom is -0.364 e. The maximum atomic E-state index is 7.10. The molecule has 0 saturated heterocycles. The SMILES string of the molecule is [C-]#[N+]c1cc2c(C(C)C)cccc2n1C. The van der Waals surface area contributed by atoms with Crippen LogP contribution < -0.4 is 0 Å². The Bertz CT molecular complexity index is 541. The summed E-state index contributed by atoms with van der Waals surface area (Å²) >= 11 is 0. The molecule has 0 aliphatic heterocycles. The van der Waals surface area contributed by atoms with Gasteiger partial charge in [-0.2, -0.15) is 0 Å². The van der Waals surface area contributed by atoms with Crippen molar-refractivity contribution >= 4 is 16.7 Å². The molecule has 76 valence electrons. The second-order valence-corrected chi connectivity index (χ2v) is 4.11. The van der Waals surface area contributed by atoms with E-state index in [1.165, 1.54) is 10.9 Å². The predicted octanol–water partition coefficient (Wildman–Crippen LogP) is 3.85. The standard InChI is InChI=1S/C13H14N2/c1-9(2)10-6-5-7-12-11(10)8-13(14-3)15(12)4/h5-9H,1-2,4H3. The highest BCUT2D eigenvalue weighted by Gasteiger charge is 2.11. The monoisotopic (exact) mass is 198 g/mol. The molecule has 0 spiro atoms. The number of aromatic nitrogens is 1. The van der Waals surface area contributed by atoms with Crippen molar-refractivity contribution in [2.45, 2.75) is 19.8 Å². The molecular weight excluding hydrogens is 184 g/mol. The molecule has 0 atom stereocenters. The summed E-state index contributed by atoms with van der Waals surface area (Å²) in [7, 11) is 1.94. The van der Waals surface area contributed by atoms with Crippen molar-refractivity contribution in [3.05, 3.63) is 41.2 Å². The third-order valence-corrected chi connectivity index (χ3v) is 2.83. The van der Waals surface area contributed by atoms with Crippen molar-refractivity contribution in [3.63, 3.8) is 0 Å². The Hall–Kier alpha value is -1.75. The van der Waals surface area contributed by atoms with Crippen molar-refractivity contribution in [1.29, 1.82) is 0 Å². The van der Waals surface area contributed by atoms with E-state index in [1.54, 1.807) is 0 Å². The first-order valence-corrected chi connectivity index (χ1v) is 5.11. The van der Waals surface area contributed by atoms with E-state index in [0.717, 1.165) is 5.52 Å². The van der Waals surface area contributed by atoms with Gasteiger partial charge in [0, 0.05) is 5.39 Å². The maximum Gasteiger partial charge on any atom is 0.231 e. The van der Waals surface area contributed by atoms with Crippen molar-refractivity contribution in [2.24, 2.45) is 7.05 Å². The number of rotatable bonds is 1. The molecule has 1 heterocycles. The van der Waals surface area contributed by atoms with Gasteiger partial charge in [-0.05, 0) is 23.6 Å². The highest BCUT2D eigenvalue weighted by atomic mass is 15.0. The van der Waals surface area contributed by atoms with Gasteiger partial charge in [-0.25, -0.2) is 0 Å². The summed E-state index contributed by atoms with van der Waals surface area (Å²) in [6.45, 7) is 11.5. The molecule has 0 fully saturated rings. The molecule has 2 nitrogen and oxygen atoms in total. The molecule has 0 bridgehead atoms. The van der Waals surface area contributed by atoms with Gasteiger partial charge >= 0.3 is 0 Å². The average Bonchev–Trinajstić information content (AvgIpc) is 2.55. The summed E-state index contributed by atoms with van der Waals surface area (Å²) in [5, 5.41) is 1.21. The Morgan fingerprint density at radius 2 is 2.07 bits per heavy atom. The molecule has 2 rings (SSSR count). The van der Waals surface area contributed by atoms with Crippen LogP contribution >= 0.6 is 0 Å². The molecule has 2 heteroatoms. The number of fused-ring (bicyclic) bond motifs is 1. The Balaban J connectivity index is 2.83. The number of hydrogen-bond donors (Lipinski definition) is 0. The van der Waals surface area contributed by atoms with E-state index in [-0.39, 0.29) is 0 Å². The molecule has 2 aromatic rings. The third-order valence-electron chi connectivity index (χ3n) is 2.83. The molecule has 1 aromatic carbocycles. The molecule has 15 heavy (non-hydrogen) atoms. The zero-order valence-corrected chi connectivity index (χ0v) is 9.28. The summed E-state index contributed by atoms with van der Waals surface area (Å²) in [5.74, 6) is 1.20. The van der Waals surface area contributed by atoms with Crippen LogP contribution in [0, 0.1) is 6.57 Å². The van der Waals surface area contributed by atoms with Crippen LogP contribution in [-0.2, 0) is 7.05 Å². The second kappa shape index (κ2) is 3.43. The maximum absolute atomic E-state index is 7.10. The zero-order valence-electron chi connectivity index (χ0n) is 9.28. The smallest absolute Gasteiger partial charge is 0.231 e. The lowest BCUT2D eigenvalue weighted by atomic mass is 9.99. The number of benzene rings is 1. The van der Waals surface area contributed by atoms with Crippen LogP contribution in [0.1, 0.15) is 25.3 Å². The second-order valence-electron chi connectivity index (χ2n) is 4.11. The molecule has 0 saturated carbocycles. The summed E-state index contributed by atoms with van der Waals surface area (Å²) in [6, 6.07) is 8.25. The summed E-state index contributed by atoms with van der Waals surface area (Å²) in [5.41, 5.74) is 2.46. The Kier molecular flexibility index (Phi) is 2.24. The van der Waals surface area contributed by atoms with Gasteiger partial charge in [0.2, 0.25) is 5.82 Å². The third kappa shape index (κ3) is 1.41. The minimum atomic E-state index is 0.495. The van der Waals surface area contributed by atoms with Crippen molar-refractivity contribution in [3.8, 4) is 0 Å². The van der Waals surface area contributed by atoms with Crippen LogP contribution in [0.2, 0.25) is 0 Å². The number of hydrogen-bond acceptors (Lipinski definition) is 0. The van der Waals surface area contributed by atoms with E-state index in [2.05, 4.69) is 36.9 Å². The van der Waals surface area contributed by atoms with Crippen LogP contribution in [-0.4, -0.2) is 4.57 Å². The van der Waals surface area contributed by atoms with Crippen LogP contribution in [0.5, 0.6) is 0 Å². The summed E-state index contributed by atoms with van der Waals surface area (Å²) < 4.78 is 1.95. The Morgan fingerprint density at radius 1 is 1.33 bits per heavy atom. The van der Waals surface area contributed by atoms with Gasteiger partial charge in [-0.15, -0.1) is 0 Å². The van der Waals surface area contributed by atoms with E-state index in [9.17, 15) is 0 Å². The first-order chi connectivity index (χ1) is 7.15. The first kappa shape index (κ1) is 9.79. The molecule has 0 aliphatic rings. The zero-order chi connectivity index (χ0) is 11.0. The molecule has 0 amide bonds. The fourth-order valence-corrected chi connectivity index (χ4v) is 1.98. The quantitative estimate of drug-likeness (QED) is 0.616. The van der Waals surface area contributed by atoms with Gasteiger partial charge in [-0.1, -0.05) is 32.6 Å². The molecule has 0 N–H and O–H groups in total. The summed E-state index contributed by atoms with van der Waals surface area (Å²) in [4.78, 5) is 3.52. The predicted molar refractivity (Wildman–Crippen MR) is 63.3 cm³/mol. The normalized spacial score (nSPS) is 10.9. The lowest BCUT2D eigenvalue weighted by molar-refractivity contribution is 0.876. The molecule has 0 unspecified atom stereocenters. The van der Waals surface area contributed by atoms with Crippen molar-refractivity contribution in [2.75, 3.05) is 0 Å². The van der Waals surface area contributed by atoms with Gasteiger partial charge < -0.3 is 4.85 Å². The number of nitrogens with zero attached hydrogens (tertiary/aromatic N) is 2. The van der Waals surface area contributed by atoms with Gasteiger partial charge in [-0.3, -0.25) is 4.57 Å². The average molecular weight is 198 g/mol. The van der Waals surface area contributed by atoms with Gasteiger partial charge in [0.1, 0.15) is 5.52 Å². The van der Waals surface area contributed by atoms with Gasteiger partial charge in [0.25, 0.3) is 0 Å². The molecule has 1 aromatic heterocycles. The number of aryl methyl sites for hydroxylation is 1. The molecule has 0 aliphatic carbocycles.